The van der Waals surface area contributed by atoms with Crippen LogP contribution in [0.5, 0.6) is 11.5 Å². The van der Waals surface area contributed by atoms with E-state index in [-0.39, 0.29) is 12.4 Å². The van der Waals surface area contributed by atoms with Crippen LogP contribution in [0.15, 0.2) is 18.2 Å². The molecule has 1 aromatic rings. The monoisotopic (exact) mass is 315 g/mol. The summed E-state index contributed by atoms with van der Waals surface area (Å²) < 4.78 is 34.2. The van der Waals surface area contributed by atoms with Crippen molar-refractivity contribution in [2.75, 3.05) is 20.3 Å². The van der Waals surface area contributed by atoms with Crippen molar-refractivity contribution in [1.82, 2.24) is 4.90 Å². The van der Waals surface area contributed by atoms with Crippen LogP contribution in [-0.4, -0.2) is 42.9 Å². The summed E-state index contributed by atoms with van der Waals surface area (Å²) in [5, 5.41) is 8.96. The van der Waals surface area contributed by atoms with Gasteiger partial charge in [0.1, 0.15) is 0 Å². The maximum atomic E-state index is 12.3. The quantitative estimate of drug-likeness (QED) is 0.801. The first kappa shape index (κ1) is 17.0. The maximum Gasteiger partial charge on any atom is 0.387 e. The molecule has 1 aromatic carbocycles. The predicted molar refractivity (Wildman–Crippen MR) is 79.4 cm³/mol. The molecule has 0 saturated carbocycles. The molecule has 0 aliphatic carbocycles. The van der Waals surface area contributed by atoms with Crippen molar-refractivity contribution in [2.24, 2.45) is 0 Å². The smallest absolute Gasteiger partial charge is 0.387 e. The molecule has 0 amide bonds. The Hall–Kier alpha value is -1.40. The Morgan fingerprint density at radius 3 is 2.86 bits per heavy atom. The number of alkyl halides is 2. The van der Waals surface area contributed by atoms with Crippen LogP contribution in [0.25, 0.3) is 0 Å². The Labute approximate surface area is 129 Å². The number of benzene rings is 1. The normalized spacial score (nSPS) is 18.9. The molecule has 0 radical (unpaired) electrons. The summed E-state index contributed by atoms with van der Waals surface area (Å²) in [5.74, 6) is 0.378. The molecule has 1 fully saturated rings. The first-order valence-electron chi connectivity index (χ1n) is 7.60. The second kappa shape index (κ2) is 8.29. The number of aliphatic hydroxyl groups is 1. The first-order chi connectivity index (χ1) is 10.6. The summed E-state index contributed by atoms with van der Waals surface area (Å²) in [5.41, 5.74) is 1.01. The van der Waals surface area contributed by atoms with Crippen LogP contribution < -0.4 is 9.47 Å². The fraction of sp³-hybridized carbons (Fsp3) is 0.625. The molecule has 0 aromatic heterocycles. The molecule has 22 heavy (non-hydrogen) atoms. The zero-order valence-corrected chi connectivity index (χ0v) is 12.8. The van der Waals surface area contributed by atoms with Gasteiger partial charge in [0, 0.05) is 19.2 Å². The van der Waals surface area contributed by atoms with E-state index in [1.54, 1.807) is 12.1 Å². The van der Waals surface area contributed by atoms with Gasteiger partial charge in [-0.3, -0.25) is 4.90 Å². The number of likely N-dealkylation sites (tertiary alicyclic amines) is 1. The second-order valence-electron chi connectivity index (χ2n) is 5.50. The highest BCUT2D eigenvalue weighted by atomic mass is 19.3. The van der Waals surface area contributed by atoms with E-state index >= 15 is 0 Å². The van der Waals surface area contributed by atoms with Crippen molar-refractivity contribution in [3.63, 3.8) is 0 Å². The average molecular weight is 315 g/mol. The largest absolute Gasteiger partial charge is 0.493 e. The van der Waals surface area contributed by atoms with Gasteiger partial charge in [0.2, 0.25) is 0 Å². The number of nitrogens with zero attached hydrogens (tertiary/aromatic N) is 1. The van der Waals surface area contributed by atoms with Crippen molar-refractivity contribution in [3.8, 4) is 11.5 Å². The Kier molecular flexibility index (Phi) is 6.39. The van der Waals surface area contributed by atoms with Gasteiger partial charge in [-0.25, -0.2) is 0 Å². The van der Waals surface area contributed by atoms with Crippen molar-refractivity contribution in [3.05, 3.63) is 23.8 Å². The van der Waals surface area contributed by atoms with Crippen LogP contribution in [0.4, 0.5) is 8.78 Å². The van der Waals surface area contributed by atoms with Crippen molar-refractivity contribution in [1.29, 1.82) is 0 Å². The molecule has 1 aliphatic rings. The summed E-state index contributed by atoms with van der Waals surface area (Å²) in [7, 11) is 1.44. The van der Waals surface area contributed by atoms with Crippen molar-refractivity contribution < 1.29 is 23.4 Å². The summed E-state index contributed by atoms with van der Waals surface area (Å²) in [6.07, 6.45) is 4.09. The summed E-state index contributed by atoms with van der Waals surface area (Å²) >= 11 is 0. The number of aliphatic hydroxyl groups excluding tert-OH is 1. The fourth-order valence-corrected chi connectivity index (χ4v) is 3.00. The van der Waals surface area contributed by atoms with Crippen LogP contribution in [-0.2, 0) is 6.54 Å². The van der Waals surface area contributed by atoms with E-state index in [2.05, 4.69) is 9.64 Å². The lowest BCUT2D eigenvalue weighted by Gasteiger charge is -2.24. The third-order valence-corrected chi connectivity index (χ3v) is 4.02. The summed E-state index contributed by atoms with van der Waals surface area (Å²) in [6, 6.07) is 5.55. The van der Waals surface area contributed by atoms with E-state index in [1.807, 2.05) is 0 Å². The molecule has 1 atom stereocenters. The fourth-order valence-electron chi connectivity index (χ4n) is 3.00. The lowest BCUT2D eigenvalue weighted by atomic mass is 10.1. The van der Waals surface area contributed by atoms with Crippen molar-refractivity contribution >= 4 is 0 Å². The van der Waals surface area contributed by atoms with Gasteiger partial charge in [-0.05, 0) is 49.9 Å². The maximum absolute atomic E-state index is 12.3. The minimum absolute atomic E-state index is 0.0551. The summed E-state index contributed by atoms with van der Waals surface area (Å²) in [4.78, 5) is 2.37. The molecule has 2 rings (SSSR count). The number of methoxy groups -OCH3 is 1. The molecule has 6 heteroatoms. The molecule has 1 unspecified atom stereocenters. The Morgan fingerprint density at radius 2 is 2.18 bits per heavy atom. The number of hydrogen-bond acceptors (Lipinski definition) is 4. The molecule has 1 N–H and O–H groups in total. The van der Waals surface area contributed by atoms with Crippen LogP contribution in [0.3, 0.4) is 0 Å². The molecule has 4 nitrogen and oxygen atoms in total. The minimum Gasteiger partial charge on any atom is -0.493 e. The summed E-state index contributed by atoms with van der Waals surface area (Å²) in [6.45, 7) is -0.867. The van der Waals surface area contributed by atoms with Crippen LogP contribution in [0.1, 0.15) is 31.2 Å². The predicted octanol–water partition coefficient (Wildman–Crippen LogP) is 3.03. The number of ether oxygens (including phenoxy) is 2. The van der Waals surface area contributed by atoms with Gasteiger partial charge in [-0.1, -0.05) is 6.07 Å². The van der Waals surface area contributed by atoms with E-state index in [1.165, 1.54) is 13.2 Å². The molecule has 1 saturated heterocycles. The van der Waals surface area contributed by atoms with E-state index in [0.29, 0.717) is 11.8 Å². The Balaban J connectivity index is 2.03. The van der Waals surface area contributed by atoms with Gasteiger partial charge < -0.3 is 14.6 Å². The van der Waals surface area contributed by atoms with Gasteiger partial charge in [0.25, 0.3) is 0 Å². The zero-order chi connectivity index (χ0) is 15.9. The molecular weight excluding hydrogens is 292 g/mol. The van der Waals surface area contributed by atoms with E-state index in [4.69, 9.17) is 9.84 Å². The van der Waals surface area contributed by atoms with Crippen molar-refractivity contribution in [2.45, 2.75) is 44.9 Å². The molecule has 1 heterocycles. The molecule has 1 aliphatic heterocycles. The first-order valence-corrected chi connectivity index (χ1v) is 7.60. The standard InChI is InChI=1S/C16H23F2NO3/c1-21-15-10-12(6-7-14(15)22-16(17)18)11-19-8-2-4-13(19)5-3-9-20/h6-7,10,13,16,20H,2-5,8-9,11H2,1H3. The van der Waals surface area contributed by atoms with E-state index < -0.39 is 6.61 Å². The molecule has 124 valence electrons. The van der Waals surface area contributed by atoms with E-state index in [0.717, 1.165) is 44.3 Å². The van der Waals surface area contributed by atoms with Crippen LogP contribution in [0.2, 0.25) is 0 Å². The molecule has 0 bridgehead atoms. The topological polar surface area (TPSA) is 41.9 Å². The SMILES string of the molecule is COc1cc(CN2CCCC2CCCO)ccc1OC(F)F. The zero-order valence-electron chi connectivity index (χ0n) is 12.8. The van der Waals surface area contributed by atoms with Gasteiger partial charge in [0.05, 0.1) is 7.11 Å². The second-order valence-corrected chi connectivity index (χ2v) is 5.50. The third-order valence-electron chi connectivity index (χ3n) is 4.02. The highest BCUT2D eigenvalue weighted by Crippen LogP contribution is 2.31. The molecular formula is C16H23F2NO3. The Bertz CT molecular complexity index is 471. The third kappa shape index (κ3) is 4.55. The van der Waals surface area contributed by atoms with E-state index in [9.17, 15) is 8.78 Å². The number of halogens is 2. The Morgan fingerprint density at radius 1 is 1.36 bits per heavy atom. The van der Waals surface area contributed by atoms with Gasteiger partial charge in [0.15, 0.2) is 11.5 Å². The van der Waals surface area contributed by atoms with Crippen LogP contribution in [0, 0.1) is 0 Å². The van der Waals surface area contributed by atoms with Gasteiger partial charge in [-0.15, -0.1) is 0 Å². The minimum atomic E-state index is -2.86. The number of rotatable bonds is 8. The van der Waals surface area contributed by atoms with Gasteiger partial charge in [-0.2, -0.15) is 8.78 Å². The van der Waals surface area contributed by atoms with Gasteiger partial charge >= 0.3 is 6.61 Å². The highest BCUT2D eigenvalue weighted by Gasteiger charge is 2.24. The average Bonchev–Trinajstić information content (AvgIpc) is 2.93. The highest BCUT2D eigenvalue weighted by molar-refractivity contribution is 5.43. The van der Waals surface area contributed by atoms with Crippen LogP contribution >= 0.6 is 0 Å². The lowest BCUT2D eigenvalue weighted by Crippen LogP contribution is -2.29. The lowest BCUT2D eigenvalue weighted by molar-refractivity contribution is -0.0512. The molecule has 0 spiro atoms. The number of hydrogen-bond donors (Lipinski definition) is 1.